The van der Waals surface area contributed by atoms with E-state index in [1.165, 1.54) is 11.3 Å². The van der Waals surface area contributed by atoms with Gasteiger partial charge in [0.15, 0.2) is 16.6 Å². The van der Waals surface area contributed by atoms with Crippen LogP contribution in [0.2, 0.25) is 0 Å². The molecule has 1 N–H and O–H groups in total. The Morgan fingerprint density at radius 3 is 2.96 bits per heavy atom. The van der Waals surface area contributed by atoms with Gasteiger partial charge in [-0.3, -0.25) is 4.79 Å². The molecule has 0 radical (unpaired) electrons. The molecule has 1 amide bonds. The third-order valence-corrected chi connectivity index (χ3v) is 4.61. The Morgan fingerprint density at radius 1 is 1.33 bits per heavy atom. The number of amides is 1. The summed E-state index contributed by atoms with van der Waals surface area (Å²) in [4.78, 5) is 24.9. The lowest BCUT2D eigenvalue weighted by molar-refractivity contribution is 0.0925. The second kappa shape index (κ2) is 8.07. The average Bonchev–Trinajstić information content (AvgIpc) is 3.26. The SMILES string of the molecule is CSCc1ccc(C(=O)NCCc2csc(-c3ncccn3)n2)o1. The van der Waals surface area contributed by atoms with Crippen molar-refractivity contribution in [3.05, 3.63) is 53.2 Å². The lowest BCUT2D eigenvalue weighted by atomic mass is 10.3. The van der Waals surface area contributed by atoms with Crippen molar-refractivity contribution in [2.75, 3.05) is 12.8 Å². The third-order valence-electron chi connectivity index (χ3n) is 3.15. The molecule has 24 heavy (non-hydrogen) atoms. The highest BCUT2D eigenvalue weighted by Crippen LogP contribution is 2.19. The minimum atomic E-state index is -0.204. The standard InChI is InChI=1S/C16H16N4O2S2/c1-23-10-12-3-4-13(22-12)15(21)19-8-5-11-9-24-16(20-11)14-17-6-2-7-18-14/h2-4,6-7,9H,5,8,10H2,1H3,(H,19,21). The first kappa shape index (κ1) is 16.7. The summed E-state index contributed by atoms with van der Waals surface area (Å²) in [6, 6.07) is 5.30. The Bertz CT molecular complexity index is 801. The molecule has 3 rings (SSSR count). The zero-order chi connectivity index (χ0) is 16.8. The van der Waals surface area contributed by atoms with Gasteiger partial charge in [0.1, 0.15) is 5.76 Å². The molecule has 3 heterocycles. The minimum absolute atomic E-state index is 0.204. The molecule has 124 valence electrons. The van der Waals surface area contributed by atoms with Gasteiger partial charge in [-0.1, -0.05) is 0 Å². The molecular formula is C16H16N4O2S2. The van der Waals surface area contributed by atoms with Crippen molar-refractivity contribution in [2.24, 2.45) is 0 Å². The number of aromatic nitrogens is 3. The molecule has 0 saturated heterocycles. The van der Waals surface area contributed by atoms with E-state index >= 15 is 0 Å². The lowest BCUT2D eigenvalue weighted by Crippen LogP contribution is -2.25. The molecule has 0 aliphatic heterocycles. The van der Waals surface area contributed by atoms with Crippen molar-refractivity contribution in [1.29, 1.82) is 0 Å². The molecule has 0 aliphatic rings. The monoisotopic (exact) mass is 360 g/mol. The summed E-state index contributed by atoms with van der Waals surface area (Å²) in [6.07, 6.45) is 6.02. The number of carbonyl (C=O) groups is 1. The van der Waals surface area contributed by atoms with Gasteiger partial charge in [-0.05, 0) is 24.5 Å². The van der Waals surface area contributed by atoms with Gasteiger partial charge < -0.3 is 9.73 Å². The smallest absolute Gasteiger partial charge is 0.287 e. The van der Waals surface area contributed by atoms with Crippen LogP contribution in [0, 0.1) is 0 Å². The van der Waals surface area contributed by atoms with Crippen LogP contribution in [0.5, 0.6) is 0 Å². The fourth-order valence-corrected chi connectivity index (χ4v) is 3.28. The van der Waals surface area contributed by atoms with Crippen LogP contribution in [-0.4, -0.2) is 33.7 Å². The molecule has 0 atom stereocenters. The van der Waals surface area contributed by atoms with E-state index in [4.69, 9.17) is 4.42 Å². The van der Waals surface area contributed by atoms with Crippen LogP contribution in [-0.2, 0) is 12.2 Å². The number of thioether (sulfide) groups is 1. The van der Waals surface area contributed by atoms with Crippen LogP contribution < -0.4 is 5.32 Å². The van der Waals surface area contributed by atoms with Crippen molar-refractivity contribution in [3.8, 4) is 10.8 Å². The van der Waals surface area contributed by atoms with Crippen molar-refractivity contribution >= 4 is 29.0 Å². The van der Waals surface area contributed by atoms with Crippen molar-refractivity contribution in [1.82, 2.24) is 20.3 Å². The van der Waals surface area contributed by atoms with Gasteiger partial charge in [0, 0.05) is 30.7 Å². The number of hydrogen-bond acceptors (Lipinski definition) is 7. The highest BCUT2D eigenvalue weighted by molar-refractivity contribution is 7.97. The summed E-state index contributed by atoms with van der Waals surface area (Å²) < 4.78 is 5.49. The second-order valence-corrected chi connectivity index (χ2v) is 6.65. The van der Waals surface area contributed by atoms with E-state index in [0.717, 1.165) is 22.2 Å². The fraction of sp³-hybridized carbons (Fsp3) is 0.250. The number of furan rings is 1. The summed E-state index contributed by atoms with van der Waals surface area (Å²) in [7, 11) is 0. The van der Waals surface area contributed by atoms with E-state index in [0.29, 0.717) is 24.6 Å². The van der Waals surface area contributed by atoms with Crippen LogP contribution in [0.15, 0.2) is 40.4 Å². The number of rotatable bonds is 7. The second-order valence-electron chi connectivity index (χ2n) is 4.92. The molecule has 8 heteroatoms. The molecule has 0 unspecified atom stereocenters. The maximum atomic E-state index is 12.0. The molecule has 0 aliphatic carbocycles. The lowest BCUT2D eigenvalue weighted by Gasteiger charge is -2.01. The number of carbonyl (C=O) groups excluding carboxylic acids is 1. The molecule has 0 bridgehead atoms. The van der Waals surface area contributed by atoms with Gasteiger partial charge in [-0.15, -0.1) is 11.3 Å². The van der Waals surface area contributed by atoms with Crippen molar-refractivity contribution in [2.45, 2.75) is 12.2 Å². The van der Waals surface area contributed by atoms with E-state index in [1.54, 1.807) is 36.3 Å². The van der Waals surface area contributed by atoms with Crippen molar-refractivity contribution < 1.29 is 9.21 Å². The first-order valence-electron chi connectivity index (χ1n) is 7.34. The molecule has 0 aromatic carbocycles. The van der Waals surface area contributed by atoms with Gasteiger partial charge in [0.2, 0.25) is 0 Å². The molecule has 0 saturated carbocycles. The van der Waals surface area contributed by atoms with E-state index < -0.39 is 0 Å². The molecule has 6 nitrogen and oxygen atoms in total. The Hall–Kier alpha value is -2.19. The maximum absolute atomic E-state index is 12.0. The molecular weight excluding hydrogens is 344 g/mol. The van der Waals surface area contributed by atoms with E-state index in [9.17, 15) is 4.79 Å². The normalized spacial score (nSPS) is 10.7. The summed E-state index contributed by atoms with van der Waals surface area (Å²) in [5.74, 6) is 2.32. The van der Waals surface area contributed by atoms with E-state index in [2.05, 4.69) is 20.3 Å². The molecule has 3 aromatic rings. The van der Waals surface area contributed by atoms with E-state index in [1.807, 2.05) is 17.7 Å². The number of nitrogens with zero attached hydrogens (tertiary/aromatic N) is 3. The topological polar surface area (TPSA) is 80.9 Å². The summed E-state index contributed by atoms with van der Waals surface area (Å²) in [5, 5.41) is 5.59. The van der Waals surface area contributed by atoms with Gasteiger partial charge in [0.05, 0.1) is 11.4 Å². The largest absolute Gasteiger partial charge is 0.455 e. The first-order chi connectivity index (χ1) is 11.8. The number of nitrogens with one attached hydrogen (secondary N) is 1. The molecule has 3 aromatic heterocycles. The Balaban J connectivity index is 1.51. The maximum Gasteiger partial charge on any atom is 0.287 e. The molecule has 0 fully saturated rings. The summed E-state index contributed by atoms with van der Waals surface area (Å²) in [5.41, 5.74) is 0.908. The van der Waals surface area contributed by atoms with Crippen LogP contribution in [0.25, 0.3) is 10.8 Å². The minimum Gasteiger partial charge on any atom is -0.455 e. The zero-order valence-electron chi connectivity index (χ0n) is 13.1. The number of thiazole rings is 1. The predicted molar refractivity (Wildman–Crippen MR) is 95.1 cm³/mol. The van der Waals surface area contributed by atoms with Crippen LogP contribution >= 0.6 is 23.1 Å². The van der Waals surface area contributed by atoms with Crippen LogP contribution in [0.3, 0.4) is 0 Å². The fourth-order valence-electron chi connectivity index (χ4n) is 2.05. The van der Waals surface area contributed by atoms with Gasteiger partial charge in [-0.2, -0.15) is 11.8 Å². The van der Waals surface area contributed by atoms with Crippen molar-refractivity contribution in [3.63, 3.8) is 0 Å². The quantitative estimate of drug-likeness (QED) is 0.697. The zero-order valence-corrected chi connectivity index (χ0v) is 14.7. The summed E-state index contributed by atoms with van der Waals surface area (Å²) in [6.45, 7) is 0.496. The predicted octanol–water partition coefficient (Wildman–Crippen LogP) is 3.03. The van der Waals surface area contributed by atoms with Gasteiger partial charge >= 0.3 is 0 Å². The highest BCUT2D eigenvalue weighted by atomic mass is 32.2. The van der Waals surface area contributed by atoms with Gasteiger partial charge in [-0.25, -0.2) is 15.0 Å². The highest BCUT2D eigenvalue weighted by Gasteiger charge is 2.11. The average molecular weight is 360 g/mol. The third kappa shape index (κ3) is 4.21. The molecule has 0 spiro atoms. The Morgan fingerprint density at radius 2 is 2.17 bits per heavy atom. The summed E-state index contributed by atoms with van der Waals surface area (Å²) >= 11 is 3.15. The Labute approximate surface area is 147 Å². The van der Waals surface area contributed by atoms with E-state index in [-0.39, 0.29) is 5.91 Å². The first-order valence-corrected chi connectivity index (χ1v) is 9.61. The van der Waals surface area contributed by atoms with Crippen LogP contribution in [0.4, 0.5) is 0 Å². The van der Waals surface area contributed by atoms with Gasteiger partial charge in [0.25, 0.3) is 5.91 Å². The Kier molecular flexibility index (Phi) is 5.60. The number of hydrogen-bond donors (Lipinski definition) is 1. The van der Waals surface area contributed by atoms with Crippen LogP contribution in [0.1, 0.15) is 22.0 Å².